The fourth-order valence-corrected chi connectivity index (χ4v) is 2.63. The van der Waals surface area contributed by atoms with Crippen LogP contribution >= 0.6 is 0 Å². The summed E-state index contributed by atoms with van der Waals surface area (Å²) in [7, 11) is 3.77. The summed E-state index contributed by atoms with van der Waals surface area (Å²) >= 11 is 0. The van der Waals surface area contributed by atoms with Crippen LogP contribution in [0.15, 0.2) is 18.3 Å². The molecule has 2 rings (SSSR count). The second-order valence-corrected chi connectivity index (χ2v) is 6.39. The Labute approximate surface area is 126 Å². The van der Waals surface area contributed by atoms with Crippen molar-refractivity contribution in [2.24, 2.45) is 5.92 Å². The summed E-state index contributed by atoms with van der Waals surface area (Å²) < 4.78 is 0. The Hall–Kier alpha value is -1.62. The number of pyridine rings is 1. The van der Waals surface area contributed by atoms with Gasteiger partial charge in [-0.25, -0.2) is 4.98 Å². The third-order valence-corrected chi connectivity index (χ3v) is 4.25. The molecular formula is C16H25N3O2. The Morgan fingerprint density at radius 3 is 2.76 bits per heavy atom. The van der Waals surface area contributed by atoms with Crippen molar-refractivity contribution in [1.82, 2.24) is 10.3 Å². The highest BCUT2D eigenvalue weighted by Gasteiger charge is 2.32. The summed E-state index contributed by atoms with van der Waals surface area (Å²) in [5.74, 6) is 1.25. The SMILES string of the molecule is CC1CCC(O)(CNC(=O)c2ccnc(N(C)C)c2)CC1. The summed E-state index contributed by atoms with van der Waals surface area (Å²) in [5.41, 5.74) is -0.180. The van der Waals surface area contributed by atoms with E-state index < -0.39 is 5.60 Å². The van der Waals surface area contributed by atoms with Crippen LogP contribution in [0.2, 0.25) is 0 Å². The van der Waals surface area contributed by atoms with Gasteiger partial charge in [-0.3, -0.25) is 4.79 Å². The molecule has 1 aliphatic carbocycles. The van der Waals surface area contributed by atoms with Crippen molar-refractivity contribution < 1.29 is 9.90 Å². The normalized spacial score (nSPS) is 25.4. The molecule has 0 saturated heterocycles. The van der Waals surface area contributed by atoms with Crippen LogP contribution in [-0.2, 0) is 0 Å². The fourth-order valence-electron chi connectivity index (χ4n) is 2.63. The first-order valence-corrected chi connectivity index (χ1v) is 7.53. The lowest BCUT2D eigenvalue weighted by molar-refractivity contribution is -0.00539. The molecule has 0 bridgehead atoms. The summed E-state index contributed by atoms with van der Waals surface area (Å²) in [6.45, 7) is 2.52. The van der Waals surface area contributed by atoms with Crippen molar-refractivity contribution in [1.29, 1.82) is 0 Å². The van der Waals surface area contributed by atoms with Crippen molar-refractivity contribution in [2.75, 3.05) is 25.5 Å². The Morgan fingerprint density at radius 1 is 1.48 bits per heavy atom. The van der Waals surface area contributed by atoms with Gasteiger partial charge in [-0.15, -0.1) is 0 Å². The fraction of sp³-hybridized carbons (Fsp3) is 0.625. The second kappa shape index (κ2) is 6.43. The van der Waals surface area contributed by atoms with Gasteiger partial charge in [0.25, 0.3) is 5.91 Å². The van der Waals surface area contributed by atoms with Gasteiger partial charge in [-0.1, -0.05) is 6.92 Å². The molecule has 0 aromatic carbocycles. The molecule has 5 nitrogen and oxygen atoms in total. The number of hydrogen-bond acceptors (Lipinski definition) is 4. The van der Waals surface area contributed by atoms with Gasteiger partial charge in [0.1, 0.15) is 5.82 Å². The van der Waals surface area contributed by atoms with Crippen LogP contribution in [0.4, 0.5) is 5.82 Å². The average Bonchev–Trinajstić information content (AvgIpc) is 2.48. The van der Waals surface area contributed by atoms with Gasteiger partial charge in [0.2, 0.25) is 0 Å². The first-order valence-electron chi connectivity index (χ1n) is 7.53. The summed E-state index contributed by atoms with van der Waals surface area (Å²) in [6.07, 6.45) is 5.18. The third kappa shape index (κ3) is 4.17. The zero-order valence-corrected chi connectivity index (χ0v) is 13.1. The van der Waals surface area contributed by atoms with E-state index in [2.05, 4.69) is 17.2 Å². The largest absolute Gasteiger partial charge is 0.388 e. The van der Waals surface area contributed by atoms with E-state index in [1.807, 2.05) is 19.0 Å². The number of nitrogens with one attached hydrogen (secondary N) is 1. The second-order valence-electron chi connectivity index (χ2n) is 6.39. The van der Waals surface area contributed by atoms with Crippen molar-refractivity contribution in [3.05, 3.63) is 23.9 Å². The van der Waals surface area contributed by atoms with Crippen LogP contribution in [-0.4, -0.2) is 42.2 Å². The number of carbonyl (C=O) groups excluding carboxylic acids is 1. The van der Waals surface area contributed by atoms with Crippen LogP contribution in [0.5, 0.6) is 0 Å². The number of anilines is 1. The number of rotatable bonds is 4. The molecule has 1 aromatic rings. The Bertz CT molecular complexity index is 494. The predicted octanol–water partition coefficient (Wildman–Crippen LogP) is 1.82. The van der Waals surface area contributed by atoms with Crippen LogP contribution in [0.25, 0.3) is 0 Å². The zero-order valence-electron chi connectivity index (χ0n) is 13.1. The maximum absolute atomic E-state index is 12.2. The van der Waals surface area contributed by atoms with Crippen molar-refractivity contribution in [2.45, 2.75) is 38.2 Å². The number of hydrogen-bond donors (Lipinski definition) is 2. The molecular weight excluding hydrogens is 266 g/mol. The summed E-state index contributed by atoms with van der Waals surface area (Å²) in [6, 6.07) is 3.44. The van der Waals surface area contributed by atoms with Crippen LogP contribution in [0.1, 0.15) is 43.0 Å². The van der Waals surface area contributed by atoms with E-state index in [1.165, 1.54) is 0 Å². The monoisotopic (exact) mass is 291 g/mol. The molecule has 1 aliphatic rings. The van der Waals surface area contributed by atoms with E-state index in [9.17, 15) is 9.90 Å². The minimum atomic E-state index is -0.750. The van der Waals surface area contributed by atoms with Crippen molar-refractivity contribution in [3.8, 4) is 0 Å². The van der Waals surface area contributed by atoms with E-state index in [1.54, 1.807) is 18.3 Å². The number of aromatic nitrogens is 1. The predicted molar refractivity (Wildman–Crippen MR) is 83.5 cm³/mol. The van der Waals surface area contributed by atoms with E-state index in [0.29, 0.717) is 18.0 Å². The maximum atomic E-state index is 12.2. The molecule has 0 unspecified atom stereocenters. The molecule has 116 valence electrons. The van der Waals surface area contributed by atoms with E-state index in [0.717, 1.165) is 31.5 Å². The number of amides is 1. The molecule has 1 fully saturated rings. The minimum absolute atomic E-state index is 0.160. The van der Waals surface area contributed by atoms with Gasteiger partial charge < -0.3 is 15.3 Å². The molecule has 0 aliphatic heterocycles. The molecule has 0 atom stereocenters. The highest BCUT2D eigenvalue weighted by Crippen LogP contribution is 2.31. The van der Waals surface area contributed by atoms with Crippen LogP contribution < -0.4 is 10.2 Å². The smallest absolute Gasteiger partial charge is 0.251 e. The van der Waals surface area contributed by atoms with Gasteiger partial charge >= 0.3 is 0 Å². The van der Waals surface area contributed by atoms with E-state index in [4.69, 9.17) is 0 Å². The lowest BCUT2D eigenvalue weighted by Gasteiger charge is -2.34. The Balaban J connectivity index is 1.94. The first-order chi connectivity index (χ1) is 9.89. The summed E-state index contributed by atoms with van der Waals surface area (Å²) in [5, 5.41) is 13.3. The van der Waals surface area contributed by atoms with Gasteiger partial charge in [0.05, 0.1) is 5.60 Å². The molecule has 21 heavy (non-hydrogen) atoms. The number of nitrogens with zero attached hydrogens (tertiary/aromatic N) is 2. The number of carbonyl (C=O) groups is 1. The molecule has 5 heteroatoms. The van der Waals surface area contributed by atoms with Gasteiger partial charge in [-0.05, 0) is 43.7 Å². The zero-order chi connectivity index (χ0) is 15.5. The third-order valence-electron chi connectivity index (χ3n) is 4.25. The van der Waals surface area contributed by atoms with Crippen LogP contribution in [0.3, 0.4) is 0 Å². The summed E-state index contributed by atoms with van der Waals surface area (Å²) in [4.78, 5) is 18.2. The minimum Gasteiger partial charge on any atom is -0.388 e. The highest BCUT2D eigenvalue weighted by atomic mass is 16.3. The Kier molecular flexibility index (Phi) is 4.83. The molecule has 0 radical (unpaired) electrons. The van der Waals surface area contributed by atoms with Crippen molar-refractivity contribution >= 4 is 11.7 Å². The lowest BCUT2D eigenvalue weighted by Crippen LogP contribution is -2.45. The van der Waals surface area contributed by atoms with Gasteiger partial charge in [-0.2, -0.15) is 0 Å². The van der Waals surface area contributed by atoms with Crippen LogP contribution in [0, 0.1) is 5.92 Å². The maximum Gasteiger partial charge on any atom is 0.251 e. The van der Waals surface area contributed by atoms with Gasteiger partial charge in [0.15, 0.2) is 0 Å². The topological polar surface area (TPSA) is 65.5 Å². The quantitative estimate of drug-likeness (QED) is 0.888. The number of aliphatic hydroxyl groups is 1. The van der Waals surface area contributed by atoms with Crippen molar-refractivity contribution in [3.63, 3.8) is 0 Å². The first kappa shape index (κ1) is 15.8. The highest BCUT2D eigenvalue weighted by molar-refractivity contribution is 5.94. The molecule has 0 spiro atoms. The Morgan fingerprint density at radius 2 is 2.14 bits per heavy atom. The standard InChI is InChI=1S/C16H25N3O2/c1-12-4-7-16(21,8-5-12)11-18-15(20)13-6-9-17-14(10-13)19(2)3/h6,9-10,12,21H,4-5,7-8,11H2,1-3H3,(H,18,20). The molecule has 1 amide bonds. The average molecular weight is 291 g/mol. The molecule has 1 heterocycles. The van der Waals surface area contributed by atoms with E-state index in [-0.39, 0.29) is 5.91 Å². The van der Waals surface area contributed by atoms with Gasteiger partial charge in [0, 0.05) is 32.4 Å². The molecule has 2 N–H and O–H groups in total. The van der Waals surface area contributed by atoms with E-state index >= 15 is 0 Å². The molecule has 1 aromatic heterocycles. The molecule has 1 saturated carbocycles. The lowest BCUT2D eigenvalue weighted by atomic mass is 9.79.